The number of carbonyl (C=O) groups excluding carboxylic acids is 2. The van der Waals surface area contributed by atoms with E-state index < -0.39 is 11.9 Å². The Morgan fingerprint density at radius 3 is 2.44 bits per heavy atom. The first-order valence-corrected chi connectivity index (χ1v) is 8.32. The Balaban J connectivity index is 2.32. The fourth-order valence-corrected chi connectivity index (χ4v) is 2.33. The Morgan fingerprint density at radius 2 is 1.78 bits per heavy atom. The minimum absolute atomic E-state index is 0.0501. The van der Waals surface area contributed by atoms with Gasteiger partial charge in [0, 0.05) is 5.56 Å². The number of hydrogen-bond donors (Lipinski definition) is 1. The van der Waals surface area contributed by atoms with Crippen molar-refractivity contribution in [1.29, 1.82) is 5.26 Å². The van der Waals surface area contributed by atoms with Crippen LogP contribution in [0.25, 0.3) is 6.08 Å². The van der Waals surface area contributed by atoms with Crippen molar-refractivity contribution in [3.63, 3.8) is 0 Å². The zero-order valence-electron chi connectivity index (χ0n) is 15.4. The van der Waals surface area contributed by atoms with E-state index in [9.17, 15) is 14.9 Å². The minimum atomic E-state index is -0.631. The van der Waals surface area contributed by atoms with Crippen LogP contribution in [0.15, 0.2) is 54.1 Å². The fraction of sp³-hybridized carbons (Fsp3) is 0.190. The van der Waals surface area contributed by atoms with E-state index in [1.807, 2.05) is 26.0 Å². The molecule has 2 aromatic carbocycles. The van der Waals surface area contributed by atoms with Gasteiger partial charge in [-0.15, -0.1) is 0 Å². The highest BCUT2D eigenvalue weighted by Crippen LogP contribution is 2.23. The molecule has 0 atom stereocenters. The summed E-state index contributed by atoms with van der Waals surface area (Å²) in [5, 5.41) is 12.0. The van der Waals surface area contributed by atoms with Crippen LogP contribution in [-0.2, 0) is 9.53 Å². The second-order valence-electron chi connectivity index (χ2n) is 5.87. The molecule has 6 nitrogen and oxygen atoms in total. The molecule has 1 amide bonds. The van der Waals surface area contributed by atoms with Crippen molar-refractivity contribution in [3.8, 4) is 11.8 Å². The Hall–Kier alpha value is -3.59. The van der Waals surface area contributed by atoms with Crippen molar-refractivity contribution in [2.24, 2.45) is 0 Å². The molecule has 0 heterocycles. The number of nitrogens with zero attached hydrogens (tertiary/aromatic N) is 1. The van der Waals surface area contributed by atoms with Gasteiger partial charge in [-0.1, -0.05) is 30.3 Å². The molecule has 0 spiro atoms. The third-order valence-electron chi connectivity index (χ3n) is 3.53. The molecule has 27 heavy (non-hydrogen) atoms. The average molecular weight is 364 g/mol. The molecule has 0 radical (unpaired) electrons. The number of nitriles is 1. The van der Waals surface area contributed by atoms with Crippen molar-refractivity contribution in [1.82, 2.24) is 0 Å². The Morgan fingerprint density at radius 1 is 1.11 bits per heavy atom. The number of hydrogen-bond acceptors (Lipinski definition) is 5. The number of esters is 1. The zero-order valence-corrected chi connectivity index (χ0v) is 15.4. The average Bonchev–Trinajstić information content (AvgIpc) is 2.66. The Bertz CT molecular complexity index is 910. The van der Waals surface area contributed by atoms with Crippen LogP contribution in [0.2, 0.25) is 0 Å². The maximum Gasteiger partial charge on any atom is 0.339 e. The van der Waals surface area contributed by atoms with E-state index >= 15 is 0 Å². The molecule has 0 saturated carbocycles. The lowest BCUT2D eigenvalue weighted by atomic mass is 10.1. The third-order valence-corrected chi connectivity index (χ3v) is 3.53. The first-order valence-electron chi connectivity index (χ1n) is 8.32. The molecule has 0 aromatic heterocycles. The smallest absolute Gasteiger partial charge is 0.339 e. The summed E-state index contributed by atoms with van der Waals surface area (Å²) in [7, 11) is 1.26. The van der Waals surface area contributed by atoms with E-state index in [0.29, 0.717) is 11.3 Å². The monoisotopic (exact) mass is 364 g/mol. The van der Waals surface area contributed by atoms with Crippen molar-refractivity contribution < 1.29 is 19.1 Å². The predicted octanol–water partition coefficient (Wildman–Crippen LogP) is 3.81. The topological polar surface area (TPSA) is 88.4 Å². The number of methoxy groups -OCH3 is 1. The highest BCUT2D eigenvalue weighted by atomic mass is 16.5. The molecule has 6 heteroatoms. The summed E-state index contributed by atoms with van der Waals surface area (Å²) in [6.45, 7) is 3.78. The molecule has 0 fully saturated rings. The lowest BCUT2D eigenvalue weighted by Crippen LogP contribution is -2.16. The van der Waals surface area contributed by atoms with Gasteiger partial charge in [-0.05, 0) is 38.1 Å². The minimum Gasteiger partial charge on any atom is -0.490 e. The fourth-order valence-electron chi connectivity index (χ4n) is 2.33. The number of para-hydroxylation sites is 2. The normalized spacial score (nSPS) is 10.9. The summed E-state index contributed by atoms with van der Waals surface area (Å²) in [5.41, 5.74) is 0.963. The summed E-state index contributed by atoms with van der Waals surface area (Å²) in [6.07, 6.45) is 1.40. The van der Waals surface area contributed by atoms with Gasteiger partial charge in [0.25, 0.3) is 5.91 Å². The van der Waals surface area contributed by atoms with Crippen molar-refractivity contribution in [2.75, 3.05) is 12.4 Å². The standard InChI is InChI=1S/C21H20N2O4/c1-14(2)27-19-11-7-4-8-15(19)12-16(13-22)20(24)23-18-10-6-5-9-17(18)21(25)26-3/h4-12,14H,1-3H3,(H,23,24). The zero-order chi connectivity index (χ0) is 19.8. The quantitative estimate of drug-likeness (QED) is 0.478. The Labute approximate surface area is 158 Å². The largest absolute Gasteiger partial charge is 0.490 e. The van der Waals surface area contributed by atoms with E-state index in [1.165, 1.54) is 19.3 Å². The molecule has 0 bridgehead atoms. The molecular formula is C21H20N2O4. The van der Waals surface area contributed by atoms with Crippen LogP contribution in [0.5, 0.6) is 5.75 Å². The number of anilines is 1. The van der Waals surface area contributed by atoms with Gasteiger partial charge in [-0.3, -0.25) is 4.79 Å². The molecular weight excluding hydrogens is 344 g/mol. The van der Waals surface area contributed by atoms with Crippen LogP contribution < -0.4 is 10.1 Å². The highest BCUT2D eigenvalue weighted by Gasteiger charge is 2.16. The molecule has 138 valence electrons. The Kier molecular flexibility index (Phi) is 6.73. The maximum atomic E-state index is 12.5. The van der Waals surface area contributed by atoms with E-state index in [0.717, 1.165) is 0 Å². The van der Waals surface area contributed by atoms with Crippen LogP contribution in [0.3, 0.4) is 0 Å². The lowest BCUT2D eigenvalue weighted by Gasteiger charge is -2.12. The second-order valence-corrected chi connectivity index (χ2v) is 5.87. The van der Waals surface area contributed by atoms with Crippen LogP contribution in [0.1, 0.15) is 29.8 Å². The summed E-state index contributed by atoms with van der Waals surface area (Å²) in [4.78, 5) is 24.4. The lowest BCUT2D eigenvalue weighted by molar-refractivity contribution is -0.112. The predicted molar refractivity (Wildman–Crippen MR) is 102 cm³/mol. The highest BCUT2D eigenvalue weighted by molar-refractivity contribution is 6.12. The van der Waals surface area contributed by atoms with Crippen molar-refractivity contribution >= 4 is 23.6 Å². The van der Waals surface area contributed by atoms with Crippen molar-refractivity contribution in [3.05, 3.63) is 65.2 Å². The number of benzene rings is 2. The van der Waals surface area contributed by atoms with Gasteiger partial charge in [0.15, 0.2) is 0 Å². The molecule has 0 aliphatic carbocycles. The van der Waals surface area contributed by atoms with E-state index in [4.69, 9.17) is 9.47 Å². The van der Waals surface area contributed by atoms with Crippen molar-refractivity contribution in [2.45, 2.75) is 20.0 Å². The number of nitrogens with one attached hydrogen (secondary N) is 1. The van der Waals surface area contributed by atoms with Gasteiger partial charge in [-0.2, -0.15) is 5.26 Å². The molecule has 2 rings (SSSR count). The SMILES string of the molecule is COC(=O)c1ccccc1NC(=O)C(C#N)=Cc1ccccc1OC(C)C. The number of carbonyl (C=O) groups is 2. The van der Waals surface area contributed by atoms with Gasteiger partial charge >= 0.3 is 5.97 Å². The first-order chi connectivity index (χ1) is 13.0. The van der Waals surface area contributed by atoms with E-state index in [1.54, 1.807) is 36.4 Å². The van der Waals surface area contributed by atoms with Crippen LogP contribution in [0.4, 0.5) is 5.69 Å². The molecule has 1 N–H and O–H groups in total. The first kappa shape index (κ1) is 19.7. The van der Waals surface area contributed by atoms with Gasteiger partial charge in [-0.25, -0.2) is 4.79 Å². The summed E-state index contributed by atoms with van der Waals surface area (Å²) >= 11 is 0. The van der Waals surface area contributed by atoms with E-state index in [2.05, 4.69) is 5.32 Å². The van der Waals surface area contributed by atoms with Crippen LogP contribution in [0, 0.1) is 11.3 Å². The molecule has 0 unspecified atom stereocenters. The van der Waals surface area contributed by atoms with Gasteiger partial charge < -0.3 is 14.8 Å². The number of rotatable bonds is 6. The van der Waals surface area contributed by atoms with Crippen LogP contribution in [-0.4, -0.2) is 25.1 Å². The van der Waals surface area contributed by atoms with Gasteiger partial charge in [0.05, 0.1) is 24.5 Å². The van der Waals surface area contributed by atoms with Gasteiger partial charge in [0.2, 0.25) is 0 Å². The number of ether oxygens (including phenoxy) is 2. The number of amides is 1. The molecule has 0 saturated heterocycles. The maximum absolute atomic E-state index is 12.5. The van der Waals surface area contributed by atoms with E-state index in [-0.39, 0.29) is 22.9 Å². The van der Waals surface area contributed by atoms with Gasteiger partial charge in [0.1, 0.15) is 17.4 Å². The summed E-state index contributed by atoms with van der Waals surface area (Å²) in [6, 6.07) is 15.4. The van der Waals surface area contributed by atoms with Crippen LogP contribution >= 0.6 is 0 Å². The summed E-state index contributed by atoms with van der Waals surface area (Å²) < 4.78 is 10.4. The second kappa shape index (κ2) is 9.20. The molecule has 0 aliphatic rings. The molecule has 2 aromatic rings. The summed E-state index contributed by atoms with van der Waals surface area (Å²) in [5.74, 6) is -0.639. The third kappa shape index (κ3) is 5.19. The molecule has 0 aliphatic heterocycles.